The highest BCUT2D eigenvalue weighted by Gasteiger charge is 2.22. The molecular formula is C10H20N2O2. The largest absolute Gasteiger partial charge is 0.372 e. The molecule has 1 saturated heterocycles. The molecule has 1 heterocycles. The molecule has 1 rings (SSSR count). The number of hydrogen-bond acceptors (Lipinski definition) is 3. The van der Waals surface area contributed by atoms with Gasteiger partial charge in [0.25, 0.3) is 0 Å². The van der Waals surface area contributed by atoms with E-state index >= 15 is 0 Å². The van der Waals surface area contributed by atoms with Crippen LogP contribution in [0.4, 0.5) is 0 Å². The molecule has 0 saturated carbocycles. The number of hydrogen-bond donors (Lipinski definition) is 1. The molecular weight excluding hydrogens is 180 g/mol. The van der Waals surface area contributed by atoms with Gasteiger partial charge in [0.05, 0.1) is 0 Å². The highest BCUT2D eigenvalue weighted by Crippen LogP contribution is 2.02. The van der Waals surface area contributed by atoms with Crippen molar-refractivity contribution < 1.29 is 9.53 Å². The summed E-state index contributed by atoms with van der Waals surface area (Å²) in [6, 6.07) is 0.293. The van der Waals surface area contributed by atoms with E-state index in [2.05, 4.69) is 12.2 Å². The van der Waals surface area contributed by atoms with Crippen molar-refractivity contribution in [1.29, 1.82) is 0 Å². The number of piperazine rings is 1. The lowest BCUT2D eigenvalue weighted by Crippen LogP contribution is -2.53. The van der Waals surface area contributed by atoms with Crippen LogP contribution < -0.4 is 5.32 Å². The third-order valence-corrected chi connectivity index (χ3v) is 2.40. The Morgan fingerprint density at radius 1 is 1.64 bits per heavy atom. The van der Waals surface area contributed by atoms with E-state index in [1.54, 1.807) is 0 Å². The second kappa shape index (κ2) is 5.98. The molecule has 82 valence electrons. The zero-order chi connectivity index (χ0) is 10.4. The summed E-state index contributed by atoms with van der Waals surface area (Å²) < 4.78 is 5.23. The minimum Gasteiger partial charge on any atom is -0.372 e. The first-order chi connectivity index (χ1) is 6.75. The van der Waals surface area contributed by atoms with Gasteiger partial charge in [-0.1, -0.05) is 6.92 Å². The standard InChI is InChI=1S/C10H20N2O2/c1-3-6-14-8-10(13)12-5-4-11-7-9(12)2/h9,11H,3-8H2,1-2H3. The Morgan fingerprint density at radius 3 is 3.07 bits per heavy atom. The monoisotopic (exact) mass is 200 g/mol. The third-order valence-electron chi connectivity index (χ3n) is 2.40. The van der Waals surface area contributed by atoms with Crippen LogP contribution in [0.1, 0.15) is 20.3 Å². The van der Waals surface area contributed by atoms with Crippen molar-refractivity contribution in [3.8, 4) is 0 Å². The van der Waals surface area contributed by atoms with E-state index in [-0.39, 0.29) is 12.5 Å². The van der Waals surface area contributed by atoms with Crippen molar-refractivity contribution in [1.82, 2.24) is 10.2 Å². The molecule has 1 fully saturated rings. The molecule has 0 aromatic rings. The number of carbonyl (C=O) groups excluding carboxylic acids is 1. The summed E-state index contributed by atoms with van der Waals surface area (Å²) in [5.41, 5.74) is 0. The number of nitrogens with zero attached hydrogens (tertiary/aromatic N) is 1. The number of ether oxygens (including phenoxy) is 1. The van der Waals surface area contributed by atoms with Crippen molar-refractivity contribution >= 4 is 5.91 Å². The predicted octanol–water partition coefficient (Wildman–Crippen LogP) is 0.233. The van der Waals surface area contributed by atoms with Crippen molar-refractivity contribution in [3.05, 3.63) is 0 Å². The van der Waals surface area contributed by atoms with Gasteiger partial charge in [0.15, 0.2) is 0 Å². The molecule has 0 aromatic carbocycles. The maximum atomic E-state index is 11.7. The molecule has 1 unspecified atom stereocenters. The van der Waals surface area contributed by atoms with Gasteiger partial charge in [-0.2, -0.15) is 0 Å². The second-order valence-electron chi connectivity index (χ2n) is 3.69. The summed E-state index contributed by atoms with van der Waals surface area (Å²) in [6.07, 6.45) is 0.963. The lowest BCUT2D eigenvalue weighted by Gasteiger charge is -2.33. The number of rotatable bonds is 4. The highest BCUT2D eigenvalue weighted by atomic mass is 16.5. The summed E-state index contributed by atoms with van der Waals surface area (Å²) in [6.45, 7) is 7.59. The average Bonchev–Trinajstić information content (AvgIpc) is 2.18. The Balaban J connectivity index is 2.27. The van der Waals surface area contributed by atoms with Crippen molar-refractivity contribution in [3.63, 3.8) is 0 Å². The molecule has 1 N–H and O–H groups in total. The SMILES string of the molecule is CCCOCC(=O)N1CCNCC1C. The van der Waals surface area contributed by atoms with E-state index in [4.69, 9.17) is 4.74 Å². The van der Waals surface area contributed by atoms with Gasteiger partial charge in [-0.25, -0.2) is 0 Å². The molecule has 0 radical (unpaired) electrons. The molecule has 4 heteroatoms. The van der Waals surface area contributed by atoms with Crippen LogP contribution in [0.15, 0.2) is 0 Å². The molecule has 1 amide bonds. The van der Waals surface area contributed by atoms with Crippen molar-refractivity contribution in [2.24, 2.45) is 0 Å². The molecule has 0 aliphatic carbocycles. The van der Waals surface area contributed by atoms with Crippen LogP contribution in [0.25, 0.3) is 0 Å². The van der Waals surface area contributed by atoms with Gasteiger partial charge >= 0.3 is 0 Å². The first-order valence-corrected chi connectivity index (χ1v) is 5.33. The first-order valence-electron chi connectivity index (χ1n) is 5.33. The van der Waals surface area contributed by atoms with E-state index in [1.165, 1.54) is 0 Å². The van der Waals surface area contributed by atoms with Crippen LogP contribution in [0.3, 0.4) is 0 Å². The smallest absolute Gasteiger partial charge is 0.248 e. The summed E-state index contributed by atoms with van der Waals surface area (Å²) in [5, 5.41) is 3.25. The first kappa shape index (κ1) is 11.5. The van der Waals surface area contributed by atoms with E-state index < -0.39 is 0 Å². The number of amides is 1. The molecule has 1 aliphatic rings. The Bertz CT molecular complexity index is 185. The fourth-order valence-corrected chi connectivity index (χ4v) is 1.60. The van der Waals surface area contributed by atoms with Crippen LogP contribution in [0.2, 0.25) is 0 Å². The zero-order valence-electron chi connectivity index (χ0n) is 9.08. The van der Waals surface area contributed by atoms with Gasteiger partial charge in [-0.3, -0.25) is 4.79 Å². The Labute approximate surface area is 85.6 Å². The molecule has 14 heavy (non-hydrogen) atoms. The topological polar surface area (TPSA) is 41.6 Å². The Kier molecular flexibility index (Phi) is 4.90. The van der Waals surface area contributed by atoms with Gasteiger partial charge in [0, 0.05) is 32.3 Å². The van der Waals surface area contributed by atoms with Gasteiger partial charge in [0.2, 0.25) is 5.91 Å². The zero-order valence-corrected chi connectivity index (χ0v) is 9.08. The quantitative estimate of drug-likeness (QED) is 0.661. The van der Waals surface area contributed by atoms with E-state index in [1.807, 2.05) is 11.8 Å². The van der Waals surface area contributed by atoms with Gasteiger partial charge in [-0.05, 0) is 13.3 Å². The fourth-order valence-electron chi connectivity index (χ4n) is 1.60. The Hall–Kier alpha value is -0.610. The molecule has 1 aliphatic heterocycles. The van der Waals surface area contributed by atoms with Gasteiger partial charge in [0.1, 0.15) is 6.61 Å². The summed E-state index contributed by atoms with van der Waals surface area (Å²) >= 11 is 0. The van der Waals surface area contributed by atoms with E-state index in [0.717, 1.165) is 26.1 Å². The molecule has 4 nitrogen and oxygen atoms in total. The highest BCUT2D eigenvalue weighted by molar-refractivity contribution is 5.77. The Morgan fingerprint density at radius 2 is 2.43 bits per heavy atom. The lowest BCUT2D eigenvalue weighted by atomic mass is 10.2. The predicted molar refractivity (Wildman–Crippen MR) is 55.2 cm³/mol. The van der Waals surface area contributed by atoms with Crippen molar-refractivity contribution in [2.75, 3.05) is 32.8 Å². The summed E-state index contributed by atoms with van der Waals surface area (Å²) in [4.78, 5) is 13.6. The van der Waals surface area contributed by atoms with Gasteiger partial charge in [-0.15, -0.1) is 0 Å². The maximum Gasteiger partial charge on any atom is 0.248 e. The number of carbonyl (C=O) groups is 1. The van der Waals surface area contributed by atoms with E-state index in [0.29, 0.717) is 12.6 Å². The molecule has 0 spiro atoms. The average molecular weight is 200 g/mol. The van der Waals surface area contributed by atoms with Crippen LogP contribution >= 0.6 is 0 Å². The van der Waals surface area contributed by atoms with E-state index in [9.17, 15) is 4.79 Å². The second-order valence-corrected chi connectivity index (χ2v) is 3.69. The molecule has 0 bridgehead atoms. The summed E-state index contributed by atoms with van der Waals surface area (Å²) in [5.74, 6) is 0.118. The molecule has 0 aromatic heterocycles. The van der Waals surface area contributed by atoms with Crippen LogP contribution in [-0.4, -0.2) is 49.7 Å². The number of nitrogens with one attached hydrogen (secondary N) is 1. The van der Waals surface area contributed by atoms with Gasteiger partial charge < -0.3 is 15.0 Å². The fraction of sp³-hybridized carbons (Fsp3) is 0.900. The maximum absolute atomic E-state index is 11.7. The minimum atomic E-state index is 0.118. The van der Waals surface area contributed by atoms with Crippen LogP contribution in [0, 0.1) is 0 Å². The normalized spacial score (nSPS) is 22.4. The van der Waals surface area contributed by atoms with Crippen LogP contribution in [0.5, 0.6) is 0 Å². The molecule has 1 atom stereocenters. The lowest BCUT2D eigenvalue weighted by molar-refractivity contribution is -0.138. The minimum absolute atomic E-state index is 0.118. The van der Waals surface area contributed by atoms with Crippen molar-refractivity contribution in [2.45, 2.75) is 26.3 Å². The van der Waals surface area contributed by atoms with Crippen LogP contribution in [-0.2, 0) is 9.53 Å². The third kappa shape index (κ3) is 3.27. The summed E-state index contributed by atoms with van der Waals surface area (Å²) in [7, 11) is 0.